The number of ether oxygens (including phenoxy) is 1. The number of carbonyl (C=O) groups excluding carboxylic acids is 2. The summed E-state index contributed by atoms with van der Waals surface area (Å²) >= 11 is 0. The third-order valence-electron chi connectivity index (χ3n) is 1.71. The number of hydrogen-bond acceptors (Lipinski definition) is 5. The van der Waals surface area contributed by atoms with Crippen molar-refractivity contribution >= 4 is 11.9 Å². The first-order valence-corrected chi connectivity index (χ1v) is 4.31. The van der Waals surface area contributed by atoms with Crippen molar-refractivity contribution in [2.45, 2.75) is 6.54 Å². The van der Waals surface area contributed by atoms with Gasteiger partial charge in [-0.15, -0.1) is 0 Å². The fourth-order valence-electron chi connectivity index (χ4n) is 0.921. The van der Waals surface area contributed by atoms with Gasteiger partial charge in [-0.05, 0) is 12.1 Å². The normalized spacial score (nSPS) is 9.73. The van der Waals surface area contributed by atoms with E-state index in [1.54, 1.807) is 6.07 Å². The molecule has 3 N–H and O–H groups in total. The molecule has 0 aliphatic heterocycles. The number of esters is 1. The van der Waals surface area contributed by atoms with Crippen LogP contribution in [0.5, 0.6) is 0 Å². The van der Waals surface area contributed by atoms with Crippen LogP contribution in [-0.2, 0) is 16.1 Å². The molecule has 6 nitrogen and oxygen atoms in total. The topological polar surface area (TPSA) is 94.6 Å². The summed E-state index contributed by atoms with van der Waals surface area (Å²) in [5, 5.41) is 2.34. The number of nitrogens with two attached hydrogens (primary N) is 1. The number of hydrogen-bond donors (Lipinski definition) is 2. The van der Waals surface area contributed by atoms with Crippen LogP contribution in [-0.4, -0.2) is 25.5 Å². The zero-order chi connectivity index (χ0) is 11.3. The van der Waals surface area contributed by atoms with E-state index in [9.17, 15) is 9.59 Å². The monoisotopic (exact) mass is 212 g/mol. The molecule has 1 aromatic rings. The van der Waals surface area contributed by atoms with Crippen LogP contribution in [0.1, 0.15) is 16.3 Å². The SMILES string of the molecule is COC(=O)CNC(=O)c1ccc(CN)o1. The second-order valence-corrected chi connectivity index (χ2v) is 2.73. The molecule has 6 heteroatoms. The molecule has 1 rings (SSSR count). The first-order chi connectivity index (χ1) is 7.17. The predicted molar refractivity (Wildman–Crippen MR) is 50.9 cm³/mol. The highest BCUT2D eigenvalue weighted by Crippen LogP contribution is 2.06. The Balaban J connectivity index is 2.50. The Morgan fingerprint density at radius 1 is 1.53 bits per heavy atom. The maximum absolute atomic E-state index is 11.3. The van der Waals surface area contributed by atoms with Crippen LogP contribution >= 0.6 is 0 Å². The highest BCUT2D eigenvalue weighted by molar-refractivity contribution is 5.93. The van der Waals surface area contributed by atoms with Gasteiger partial charge in [-0.25, -0.2) is 0 Å². The van der Waals surface area contributed by atoms with Crippen molar-refractivity contribution in [3.05, 3.63) is 23.7 Å². The summed E-state index contributed by atoms with van der Waals surface area (Å²) in [6, 6.07) is 3.10. The number of furan rings is 1. The highest BCUT2D eigenvalue weighted by Gasteiger charge is 2.11. The summed E-state index contributed by atoms with van der Waals surface area (Å²) < 4.78 is 9.43. The van der Waals surface area contributed by atoms with Gasteiger partial charge >= 0.3 is 5.97 Å². The number of carbonyl (C=O) groups is 2. The largest absolute Gasteiger partial charge is 0.468 e. The van der Waals surface area contributed by atoms with E-state index in [1.165, 1.54) is 13.2 Å². The Hall–Kier alpha value is -1.82. The second-order valence-electron chi connectivity index (χ2n) is 2.73. The van der Waals surface area contributed by atoms with E-state index < -0.39 is 11.9 Å². The summed E-state index contributed by atoms with van der Waals surface area (Å²) in [7, 11) is 1.24. The molecular weight excluding hydrogens is 200 g/mol. The Kier molecular flexibility index (Phi) is 3.87. The fraction of sp³-hybridized carbons (Fsp3) is 0.333. The van der Waals surface area contributed by atoms with E-state index >= 15 is 0 Å². The van der Waals surface area contributed by atoms with Crippen LogP contribution in [0.2, 0.25) is 0 Å². The molecule has 0 unspecified atom stereocenters. The van der Waals surface area contributed by atoms with Crippen molar-refractivity contribution in [2.75, 3.05) is 13.7 Å². The first kappa shape index (κ1) is 11.3. The Morgan fingerprint density at radius 3 is 2.80 bits per heavy atom. The standard InChI is InChI=1S/C9H12N2O4/c1-14-8(12)5-11-9(13)7-3-2-6(4-10)15-7/h2-3H,4-5,10H2,1H3,(H,11,13). The lowest BCUT2D eigenvalue weighted by molar-refractivity contribution is -0.139. The van der Waals surface area contributed by atoms with Crippen molar-refractivity contribution in [3.63, 3.8) is 0 Å². The molecule has 0 radical (unpaired) electrons. The second kappa shape index (κ2) is 5.16. The van der Waals surface area contributed by atoms with Gasteiger partial charge in [-0.1, -0.05) is 0 Å². The minimum absolute atomic E-state index is 0.124. The average Bonchev–Trinajstić information content (AvgIpc) is 2.73. The zero-order valence-electron chi connectivity index (χ0n) is 8.28. The minimum atomic E-state index is -0.519. The molecular formula is C9H12N2O4. The Bertz CT molecular complexity index is 359. The van der Waals surface area contributed by atoms with Gasteiger partial charge in [0.25, 0.3) is 5.91 Å². The number of amides is 1. The van der Waals surface area contributed by atoms with Crippen molar-refractivity contribution in [1.82, 2.24) is 5.32 Å². The Labute approximate surface area is 86.4 Å². The van der Waals surface area contributed by atoms with E-state index in [-0.39, 0.29) is 18.8 Å². The summed E-state index contributed by atoms with van der Waals surface area (Å²) in [4.78, 5) is 22.1. The summed E-state index contributed by atoms with van der Waals surface area (Å²) in [6.45, 7) is 0.0400. The maximum Gasteiger partial charge on any atom is 0.325 e. The molecule has 0 aliphatic rings. The first-order valence-electron chi connectivity index (χ1n) is 4.31. The molecule has 0 spiro atoms. The van der Waals surface area contributed by atoms with Crippen LogP contribution in [0.25, 0.3) is 0 Å². The molecule has 1 heterocycles. The molecule has 0 fully saturated rings. The third-order valence-corrected chi connectivity index (χ3v) is 1.71. The van der Waals surface area contributed by atoms with E-state index in [0.717, 1.165) is 0 Å². The van der Waals surface area contributed by atoms with Crippen molar-refractivity contribution < 1.29 is 18.7 Å². The van der Waals surface area contributed by atoms with Gasteiger partial charge in [0.2, 0.25) is 0 Å². The Morgan fingerprint density at radius 2 is 2.27 bits per heavy atom. The highest BCUT2D eigenvalue weighted by atomic mass is 16.5. The lowest BCUT2D eigenvalue weighted by atomic mass is 10.4. The smallest absolute Gasteiger partial charge is 0.325 e. The van der Waals surface area contributed by atoms with Gasteiger partial charge in [-0.2, -0.15) is 0 Å². The number of rotatable bonds is 4. The molecule has 0 aliphatic carbocycles. The van der Waals surface area contributed by atoms with Gasteiger partial charge in [0.05, 0.1) is 13.7 Å². The molecule has 0 saturated heterocycles. The van der Waals surface area contributed by atoms with Crippen molar-refractivity contribution in [1.29, 1.82) is 0 Å². The van der Waals surface area contributed by atoms with E-state index in [1.807, 2.05) is 0 Å². The van der Waals surface area contributed by atoms with E-state index in [2.05, 4.69) is 10.1 Å². The lowest BCUT2D eigenvalue weighted by Crippen LogP contribution is -2.29. The molecule has 15 heavy (non-hydrogen) atoms. The van der Waals surface area contributed by atoms with Crippen LogP contribution in [0.15, 0.2) is 16.5 Å². The number of nitrogens with one attached hydrogen (secondary N) is 1. The maximum atomic E-state index is 11.3. The molecule has 82 valence electrons. The van der Waals surface area contributed by atoms with Crippen LogP contribution in [0.4, 0.5) is 0 Å². The third kappa shape index (κ3) is 3.10. The van der Waals surface area contributed by atoms with Gasteiger partial charge < -0.3 is 20.2 Å². The minimum Gasteiger partial charge on any atom is -0.468 e. The summed E-state index contributed by atoms with van der Waals surface area (Å²) in [6.07, 6.45) is 0. The predicted octanol–water partition coefficient (Wildman–Crippen LogP) is -0.359. The number of methoxy groups -OCH3 is 1. The summed E-state index contributed by atoms with van der Waals surface area (Å²) in [5.41, 5.74) is 5.31. The van der Waals surface area contributed by atoms with Gasteiger partial charge in [0.1, 0.15) is 12.3 Å². The fourth-order valence-corrected chi connectivity index (χ4v) is 0.921. The quantitative estimate of drug-likeness (QED) is 0.664. The molecule has 0 saturated carbocycles. The molecule has 0 atom stereocenters. The molecule has 1 aromatic heterocycles. The molecule has 0 aromatic carbocycles. The van der Waals surface area contributed by atoms with Crippen LogP contribution in [0, 0.1) is 0 Å². The van der Waals surface area contributed by atoms with Crippen molar-refractivity contribution in [2.24, 2.45) is 5.73 Å². The van der Waals surface area contributed by atoms with Crippen LogP contribution in [0.3, 0.4) is 0 Å². The zero-order valence-corrected chi connectivity index (χ0v) is 8.28. The average molecular weight is 212 g/mol. The van der Waals surface area contributed by atoms with Gasteiger partial charge in [0, 0.05) is 0 Å². The lowest BCUT2D eigenvalue weighted by Gasteiger charge is -2.00. The van der Waals surface area contributed by atoms with Gasteiger partial charge in [-0.3, -0.25) is 9.59 Å². The van der Waals surface area contributed by atoms with Crippen LogP contribution < -0.4 is 11.1 Å². The molecule has 1 amide bonds. The van der Waals surface area contributed by atoms with E-state index in [4.69, 9.17) is 10.2 Å². The van der Waals surface area contributed by atoms with Crippen molar-refractivity contribution in [3.8, 4) is 0 Å². The molecule has 0 bridgehead atoms. The van der Waals surface area contributed by atoms with E-state index in [0.29, 0.717) is 5.76 Å². The summed E-state index contributed by atoms with van der Waals surface area (Å²) in [5.74, 6) is -0.355. The van der Waals surface area contributed by atoms with Gasteiger partial charge in [0.15, 0.2) is 5.76 Å².